The van der Waals surface area contributed by atoms with Gasteiger partial charge in [0.1, 0.15) is 5.82 Å². The third-order valence-corrected chi connectivity index (χ3v) is 1.95. The topological polar surface area (TPSA) is 0 Å². The Labute approximate surface area is 74.9 Å². The monoisotopic (exact) mass is 192 g/mol. The first kappa shape index (κ1) is 8.82. The molecule has 0 fully saturated rings. The Bertz CT molecular complexity index is 271. The number of halogens is 3. The smallest absolute Gasteiger partial charge is 0.146 e. The molecule has 0 radical (unpaired) electrons. The van der Waals surface area contributed by atoms with Crippen LogP contribution >= 0.6 is 23.2 Å². The fourth-order valence-electron chi connectivity index (χ4n) is 0.894. The zero-order valence-corrected chi connectivity index (χ0v) is 7.51. The molecular weight excluding hydrogens is 186 g/mol. The second kappa shape index (κ2) is 3.42. The molecular formula is C8H7Cl2F. The van der Waals surface area contributed by atoms with Gasteiger partial charge in [-0.25, -0.2) is 4.39 Å². The van der Waals surface area contributed by atoms with Crippen LogP contribution in [0.25, 0.3) is 0 Å². The summed E-state index contributed by atoms with van der Waals surface area (Å²) in [6.07, 6.45) is 0. The zero-order valence-electron chi connectivity index (χ0n) is 6.00. The van der Waals surface area contributed by atoms with E-state index in [1.54, 1.807) is 12.1 Å². The van der Waals surface area contributed by atoms with Crippen LogP contribution in [0.4, 0.5) is 4.39 Å². The van der Waals surface area contributed by atoms with Gasteiger partial charge in [-0.15, -0.1) is 11.6 Å². The van der Waals surface area contributed by atoms with Crippen LogP contribution in [0.3, 0.4) is 0 Å². The summed E-state index contributed by atoms with van der Waals surface area (Å²) in [5.74, 6) is -0.250. The van der Waals surface area contributed by atoms with E-state index in [-0.39, 0.29) is 10.9 Å². The van der Waals surface area contributed by atoms with Gasteiger partial charge >= 0.3 is 0 Å². The molecule has 0 aliphatic rings. The maximum absolute atomic E-state index is 13.0. The van der Waals surface area contributed by atoms with Crippen molar-refractivity contribution in [3.8, 4) is 0 Å². The zero-order chi connectivity index (χ0) is 8.43. The van der Waals surface area contributed by atoms with Crippen molar-refractivity contribution in [3.63, 3.8) is 0 Å². The number of benzene rings is 1. The predicted molar refractivity (Wildman–Crippen MR) is 45.7 cm³/mol. The molecule has 0 saturated heterocycles. The van der Waals surface area contributed by atoms with Gasteiger partial charge in [0, 0.05) is 5.56 Å². The number of rotatable bonds is 1. The molecule has 0 aliphatic carbocycles. The Hall–Kier alpha value is -0.270. The number of hydrogen-bond acceptors (Lipinski definition) is 0. The summed E-state index contributed by atoms with van der Waals surface area (Å²) in [5.41, 5.74) is 1.38. The summed E-state index contributed by atoms with van der Waals surface area (Å²) < 4.78 is 13.0. The quantitative estimate of drug-likeness (QED) is 0.598. The maximum atomic E-state index is 13.0. The van der Waals surface area contributed by atoms with E-state index in [2.05, 4.69) is 0 Å². The molecule has 0 amide bonds. The number of hydrogen-bond donors (Lipinski definition) is 0. The highest BCUT2D eigenvalue weighted by Gasteiger charge is 2.05. The molecule has 0 nitrogen and oxygen atoms in total. The van der Waals surface area contributed by atoms with Crippen molar-refractivity contribution in [3.05, 3.63) is 34.1 Å². The van der Waals surface area contributed by atoms with Crippen LogP contribution in [0, 0.1) is 12.7 Å². The lowest BCUT2D eigenvalue weighted by Gasteiger charge is -2.01. The molecule has 1 rings (SSSR count). The summed E-state index contributed by atoms with van der Waals surface area (Å²) in [5, 5.41) is 0.139. The van der Waals surface area contributed by atoms with E-state index in [0.717, 1.165) is 5.56 Å². The van der Waals surface area contributed by atoms with Crippen molar-refractivity contribution >= 4 is 23.2 Å². The SMILES string of the molecule is Cc1cc(Cl)c(F)c(CCl)c1. The van der Waals surface area contributed by atoms with Crippen LogP contribution in [0.15, 0.2) is 12.1 Å². The van der Waals surface area contributed by atoms with E-state index in [1.165, 1.54) is 0 Å². The summed E-state index contributed by atoms with van der Waals surface area (Å²) >= 11 is 11.0. The van der Waals surface area contributed by atoms with Crippen LogP contribution in [0.1, 0.15) is 11.1 Å². The molecule has 1 aromatic rings. The molecule has 0 saturated carbocycles. The van der Waals surface area contributed by atoms with Gasteiger partial charge in [-0.2, -0.15) is 0 Å². The summed E-state index contributed by atoms with van der Waals surface area (Å²) in [6, 6.07) is 3.27. The molecule has 0 heterocycles. The molecule has 0 unspecified atom stereocenters. The molecule has 3 heteroatoms. The standard InChI is InChI=1S/C8H7Cl2F/c1-5-2-6(4-9)8(11)7(10)3-5/h2-3H,4H2,1H3. The van der Waals surface area contributed by atoms with Gasteiger partial charge in [-0.3, -0.25) is 0 Å². The van der Waals surface area contributed by atoms with E-state index < -0.39 is 5.82 Å². The van der Waals surface area contributed by atoms with Crippen LogP contribution in [0.2, 0.25) is 5.02 Å². The molecule has 0 aromatic heterocycles. The average Bonchev–Trinajstić information content (AvgIpc) is 1.96. The first-order valence-corrected chi connectivity index (χ1v) is 4.07. The Morgan fingerprint density at radius 1 is 1.45 bits per heavy atom. The summed E-state index contributed by atoms with van der Waals surface area (Å²) in [4.78, 5) is 0. The minimum atomic E-state index is -0.410. The van der Waals surface area contributed by atoms with Gasteiger partial charge in [-0.05, 0) is 18.6 Å². The molecule has 0 atom stereocenters. The van der Waals surface area contributed by atoms with E-state index >= 15 is 0 Å². The van der Waals surface area contributed by atoms with Crippen LogP contribution < -0.4 is 0 Å². The maximum Gasteiger partial charge on any atom is 0.146 e. The van der Waals surface area contributed by atoms with Crippen molar-refractivity contribution in [2.75, 3.05) is 0 Å². The fraction of sp³-hybridized carbons (Fsp3) is 0.250. The summed E-state index contributed by atoms with van der Waals surface area (Å²) in [6.45, 7) is 1.85. The molecule has 0 aliphatic heterocycles. The van der Waals surface area contributed by atoms with Crippen LogP contribution in [-0.2, 0) is 5.88 Å². The number of alkyl halides is 1. The Morgan fingerprint density at radius 3 is 2.64 bits per heavy atom. The second-order valence-corrected chi connectivity index (χ2v) is 3.03. The average molecular weight is 193 g/mol. The van der Waals surface area contributed by atoms with Crippen molar-refractivity contribution in [1.82, 2.24) is 0 Å². The number of aryl methyl sites for hydroxylation is 1. The first-order chi connectivity index (χ1) is 5.15. The highest BCUT2D eigenvalue weighted by atomic mass is 35.5. The normalized spacial score (nSPS) is 10.2. The van der Waals surface area contributed by atoms with E-state index in [1.807, 2.05) is 6.92 Å². The van der Waals surface area contributed by atoms with Gasteiger partial charge in [0.2, 0.25) is 0 Å². The van der Waals surface area contributed by atoms with Crippen molar-refractivity contribution in [1.29, 1.82) is 0 Å². The third-order valence-electron chi connectivity index (χ3n) is 1.39. The lowest BCUT2D eigenvalue weighted by molar-refractivity contribution is 0.617. The van der Waals surface area contributed by atoms with Gasteiger partial charge in [-0.1, -0.05) is 17.7 Å². The highest BCUT2D eigenvalue weighted by molar-refractivity contribution is 6.31. The first-order valence-electron chi connectivity index (χ1n) is 3.15. The second-order valence-electron chi connectivity index (χ2n) is 2.35. The Kier molecular flexibility index (Phi) is 2.74. The molecule has 1 aromatic carbocycles. The minimum absolute atomic E-state index is 0.139. The summed E-state index contributed by atoms with van der Waals surface area (Å²) in [7, 11) is 0. The minimum Gasteiger partial charge on any atom is -0.205 e. The van der Waals surface area contributed by atoms with Gasteiger partial charge in [0.25, 0.3) is 0 Å². The molecule has 11 heavy (non-hydrogen) atoms. The van der Waals surface area contributed by atoms with Gasteiger partial charge in [0.15, 0.2) is 0 Å². The lowest BCUT2D eigenvalue weighted by Crippen LogP contribution is -1.88. The molecule has 0 N–H and O–H groups in total. The fourth-order valence-corrected chi connectivity index (χ4v) is 1.38. The van der Waals surface area contributed by atoms with Crippen molar-refractivity contribution in [2.45, 2.75) is 12.8 Å². The van der Waals surface area contributed by atoms with Crippen molar-refractivity contribution < 1.29 is 4.39 Å². The third kappa shape index (κ3) is 1.85. The van der Waals surface area contributed by atoms with E-state index in [4.69, 9.17) is 23.2 Å². The van der Waals surface area contributed by atoms with E-state index in [0.29, 0.717) is 5.56 Å². The predicted octanol–water partition coefficient (Wildman–Crippen LogP) is 3.53. The molecule has 60 valence electrons. The Balaban J connectivity index is 3.24. The van der Waals surface area contributed by atoms with Crippen molar-refractivity contribution in [2.24, 2.45) is 0 Å². The van der Waals surface area contributed by atoms with Crippen LogP contribution in [-0.4, -0.2) is 0 Å². The highest BCUT2D eigenvalue weighted by Crippen LogP contribution is 2.21. The van der Waals surface area contributed by atoms with Crippen LogP contribution in [0.5, 0.6) is 0 Å². The molecule has 0 spiro atoms. The largest absolute Gasteiger partial charge is 0.205 e. The van der Waals surface area contributed by atoms with Gasteiger partial charge in [0.05, 0.1) is 10.9 Å². The molecule has 0 bridgehead atoms. The van der Waals surface area contributed by atoms with E-state index in [9.17, 15) is 4.39 Å². The lowest BCUT2D eigenvalue weighted by atomic mass is 10.1. The Morgan fingerprint density at radius 2 is 2.09 bits per heavy atom. The van der Waals surface area contributed by atoms with Gasteiger partial charge < -0.3 is 0 Å².